The third-order valence-corrected chi connectivity index (χ3v) is 4.31. The minimum absolute atomic E-state index is 0.0430. The molecule has 0 fully saturated rings. The van der Waals surface area contributed by atoms with E-state index in [-0.39, 0.29) is 28.2 Å². The lowest BCUT2D eigenvalue weighted by molar-refractivity contribution is 0.402. The molecule has 2 aromatic rings. The summed E-state index contributed by atoms with van der Waals surface area (Å²) in [7, 11) is 0. The van der Waals surface area contributed by atoms with Gasteiger partial charge in [-0.05, 0) is 47.9 Å². The SMILES string of the molecule is Oc1cccc([C@@H]2CNCCc3c2cc(O)c(O)c3Cl)c1. The number of rotatable bonds is 1. The lowest BCUT2D eigenvalue weighted by Gasteiger charge is -2.20. The van der Waals surface area contributed by atoms with Gasteiger partial charge in [-0.25, -0.2) is 0 Å². The molecule has 4 nitrogen and oxygen atoms in total. The molecule has 0 aliphatic carbocycles. The van der Waals surface area contributed by atoms with Crippen molar-refractivity contribution in [2.24, 2.45) is 0 Å². The average Bonchev–Trinajstić information content (AvgIpc) is 2.67. The molecule has 21 heavy (non-hydrogen) atoms. The van der Waals surface area contributed by atoms with E-state index in [1.807, 2.05) is 6.07 Å². The first-order chi connectivity index (χ1) is 10.1. The second-order valence-corrected chi connectivity index (χ2v) is 5.61. The Hall–Kier alpha value is -1.91. The summed E-state index contributed by atoms with van der Waals surface area (Å²) < 4.78 is 0. The van der Waals surface area contributed by atoms with Crippen LogP contribution in [-0.4, -0.2) is 28.4 Å². The molecule has 110 valence electrons. The van der Waals surface area contributed by atoms with Crippen molar-refractivity contribution in [2.45, 2.75) is 12.3 Å². The Balaban J connectivity index is 2.17. The van der Waals surface area contributed by atoms with Gasteiger partial charge in [0.15, 0.2) is 11.5 Å². The molecule has 0 radical (unpaired) electrons. The topological polar surface area (TPSA) is 72.7 Å². The highest BCUT2D eigenvalue weighted by atomic mass is 35.5. The van der Waals surface area contributed by atoms with Gasteiger partial charge in [0.05, 0.1) is 5.02 Å². The maximum Gasteiger partial charge on any atom is 0.176 e. The predicted molar refractivity (Wildman–Crippen MR) is 81.3 cm³/mol. The van der Waals surface area contributed by atoms with Crippen LogP contribution in [0, 0.1) is 0 Å². The van der Waals surface area contributed by atoms with Crippen LogP contribution in [0.25, 0.3) is 0 Å². The normalized spacial score (nSPS) is 18.0. The molecular weight excluding hydrogens is 290 g/mol. The summed E-state index contributed by atoms with van der Waals surface area (Å²) in [5.74, 6) is -0.330. The van der Waals surface area contributed by atoms with E-state index >= 15 is 0 Å². The number of aromatic hydroxyl groups is 3. The lowest BCUT2D eigenvalue weighted by Crippen LogP contribution is -2.20. The van der Waals surface area contributed by atoms with Crippen LogP contribution >= 0.6 is 11.6 Å². The van der Waals surface area contributed by atoms with Gasteiger partial charge < -0.3 is 20.6 Å². The Morgan fingerprint density at radius 1 is 1.14 bits per heavy atom. The molecule has 2 aromatic carbocycles. The van der Waals surface area contributed by atoms with Crippen molar-refractivity contribution >= 4 is 11.6 Å². The van der Waals surface area contributed by atoms with E-state index in [2.05, 4.69) is 5.32 Å². The highest BCUT2D eigenvalue weighted by Gasteiger charge is 2.25. The van der Waals surface area contributed by atoms with Crippen LogP contribution in [0.4, 0.5) is 0 Å². The predicted octanol–water partition coefficient (Wildman–Crippen LogP) is 2.73. The molecule has 1 aliphatic heterocycles. The molecule has 1 heterocycles. The Bertz CT molecular complexity index is 687. The fourth-order valence-electron chi connectivity index (χ4n) is 2.86. The Kier molecular flexibility index (Phi) is 3.66. The molecule has 0 saturated carbocycles. The van der Waals surface area contributed by atoms with Crippen molar-refractivity contribution in [3.63, 3.8) is 0 Å². The molecule has 1 atom stereocenters. The summed E-state index contributed by atoms with van der Waals surface area (Å²) in [4.78, 5) is 0. The summed E-state index contributed by atoms with van der Waals surface area (Å²) in [6, 6.07) is 8.61. The summed E-state index contributed by atoms with van der Waals surface area (Å²) in [5.41, 5.74) is 2.66. The van der Waals surface area contributed by atoms with Crippen LogP contribution in [-0.2, 0) is 6.42 Å². The van der Waals surface area contributed by atoms with Gasteiger partial charge in [-0.2, -0.15) is 0 Å². The van der Waals surface area contributed by atoms with Gasteiger partial charge in [0.25, 0.3) is 0 Å². The van der Waals surface area contributed by atoms with Gasteiger partial charge in [0.1, 0.15) is 5.75 Å². The zero-order chi connectivity index (χ0) is 15.0. The van der Waals surface area contributed by atoms with Crippen LogP contribution in [0.2, 0.25) is 5.02 Å². The summed E-state index contributed by atoms with van der Waals surface area (Å²) in [6.07, 6.45) is 0.678. The van der Waals surface area contributed by atoms with Gasteiger partial charge in [-0.15, -0.1) is 0 Å². The van der Waals surface area contributed by atoms with E-state index in [9.17, 15) is 15.3 Å². The number of phenolic OH excluding ortho intramolecular Hbond substituents is 3. The second-order valence-electron chi connectivity index (χ2n) is 5.23. The zero-order valence-corrected chi connectivity index (χ0v) is 12.1. The third-order valence-electron chi connectivity index (χ3n) is 3.90. The molecule has 0 amide bonds. The smallest absolute Gasteiger partial charge is 0.176 e. The van der Waals surface area contributed by atoms with Gasteiger partial charge in [0, 0.05) is 12.5 Å². The molecule has 0 spiro atoms. The van der Waals surface area contributed by atoms with E-state index in [1.54, 1.807) is 24.3 Å². The first-order valence-corrected chi connectivity index (χ1v) is 7.18. The Morgan fingerprint density at radius 3 is 2.71 bits per heavy atom. The Morgan fingerprint density at radius 2 is 1.95 bits per heavy atom. The van der Waals surface area contributed by atoms with Crippen LogP contribution in [0.15, 0.2) is 30.3 Å². The largest absolute Gasteiger partial charge is 0.508 e. The van der Waals surface area contributed by atoms with E-state index in [0.29, 0.717) is 13.0 Å². The van der Waals surface area contributed by atoms with E-state index in [1.165, 1.54) is 0 Å². The minimum Gasteiger partial charge on any atom is -0.508 e. The monoisotopic (exact) mass is 305 g/mol. The van der Waals surface area contributed by atoms with Gasteiger partial charge in [-0.3, -0.25) is 0 Å². The number of nitrogens with one attached hydrogen (secondary N) is 1. The van der Waals surface area contributed by atoms with Gasteiger partial charge in [0.2, 0.25) is 0 Å². The standard InChI is InChI=1S/C16H16ClNO3/c17-15-11-4-5-18-8-13(9-2-1-3-10(19)6-9)12(11)7-14(20)16(15)21/h1-3,6-7,13,18-21H,4-5,8H2/t13-/m0/s1. The summed E-state index contributed by atoms with van der Waals surface area (Å²) in [6.45, 7) is 1.42. The number of hydrogen-bond donors (Lipinski definition) is 4. The van der Waals surface area contributed by atoms with Crippen LogP contribution < -0.4 is 5.32 Å². The molecule has 5 heteroatoms. The quantitative estimate of drug-likeness (QED) is 0.611. The van der Waals surface area contributed by atoms with Crippen LogP contribution in [0.5, 0.6) is 17.2 Å². The summed E-state index contributed by atoms with van der Waals surface area (Å²) >= 11 is 6.19. The summed E-state index contributed by atoms with van der Waals surface area (Å²) in [5, 5.41) is 32.9. The van der Waals surface area contributed by atoms with Crippen molar-refractivity contribution in [3.8, 4) is 17.2 Å². The van der Waals surface area contributed by atoms with E-state index in [4.69, 9.17) is 11.6 Å². The first kappa shape index (κ1) is 14.0. The average molecular weight is 306 g/mol. The highest BCUT2D eigenvalue weighted by Crippen LogP contribution is 2.42. The maximum absolute atomic E-state index is 9.86. The lowest BCUT2D eigenvalue weighted by atomic mass is 9.87. The van der Waals surface area contributed by atoms with Crippen molar-refractivity contribution < 1.29 is 15.3 Å². The first-order valence-electron chi connectivity index (χ1n) is 6.80. The third kappa shape index (κ3) is 2.52. The fourth-order valence-corrected chi connectivity index (χ4v) is 3.16. The number of phenols is 3. The maximum atomic E-state index is 9.86. The second kappa shape index (κ2) is 5.47. The highest BCUT2D eigenvalue weighted by molar-refractivity contribution is 6.33. The molecule has 0 saturated heterocycles. The van der Waals surface area contributed by atoms with Crippen LogP contribution in [0.1, 0.15) is 22.6 Å². The fraction of sp³-hybridized carbons (Fsp3) is 0.250. The number of halogens is 1. The van der Waals surface area contributed by atoms with Gasteiger partial charge >= 0.3 is 0 Å². The molecule has 3 rings (SSSR count). The molecule has 0 aromatic heterocycles. The van der Waals surface area contributed by atoms with Crippen molar-refractivity contribution in [1.82, 2.24) is 5.32 Å². The van der Waals surface area contributed by atoms with E-state index < -0.39 is 0 Å². The number of benzene rings is 2. The number of fused-ring (bicyclic) bond motifs is 1. The molecule has 0 unspecified atom stereocenters. The van der Waals surface area contributed by atoms with Crippen molar-refractivity contribution in [2.75, 3.05) is 13.1 Å². The van der Waals surface area contributed by atoms with Crippen molar-refractivity contribution in [3.05, 3.63) is 52.0 Å². The Labute approximate surface area is 127 Å². The minimum atomic E-state index is -0.271. The molecule has 4 N–H and O–H groups in total. The van der Waals surface area contributed by atoms with Crippen LogP contribution in [0.3, 0.4) is 0 Å². The van der Waals surface area contributed by atoms with Crippen molar-refractivity contribution in [1.29, 1.82) is 0 Å². The number of hydrogen-bond acceptors (Lipinski definition) is 4. The van der Waals surface area contributed by atoms with E-state index in [0.717, 1.165) is 23.2 Å². The van der Waals surface area contributed by atoms with Gasteiger partial charge in [-0.1, -0.05) is 23.7 Å². The zero-order valence-electron chi connectivity index (χ0n) is 11.3. The molecule has 0 bridgehead atoms. The molecular formula is C16H16ClNO3. The molecule has 1 aliphatic rings.